The largest absolute Gasteiger partial charge is 0.438 e. The molecule has 0 saturated carbocycles. The number of likely N-dealkylation sites (tertiary alicyclic amines) is 2. The second kappa shape index (κ2) is 12.9. The quantitative estimate of drug-likeness (QED) is 0.420. The standard InChI is InChI=1S/C33H39N3O3/c37-31(17-16-27-10-4-1-5-11-27)36-24-20-33(21-25-36,29-14-8-3-9-15-29)39-32(38)34-30-18-22-35(23-19-30)26-28-12-6-2-7-13-28/h1-15,30H,16-26H2,(H,34,38). The number of hydrogen-bond acceptors (Lipinski definition) is 4. The number of hydrogen-bond donors (Lipinski definition) is 1. The molecule has 0 aliphatic carbocycles. The number of ether oxygens (including phenoxy) is 1. The fraction of sp³-hybridized carbons (Fsp3) is 0.394. The van der Waals surface area contributed by atoms with Crippen molar-refractivity contribution < 1.29 is 14.3 Å². The first-order valence-electron chi connectivity index (χ1n) is 14.2. The topological polar surface area (TPSA) is 61.9 Å². The van der Waals surface area contributed by atoms with Gasteiger partial charge in [-0.1, -0.05) is 91.0 Å². The predicted octanol–water partition coefficient (Wildman–Crippen LogP) is 5.53. The average molecular weight is 526 g/mol. The lowest BCUT2D eigenvalue weighted by Crippen LogP contribution is -2.50. The zero-order valence-corrected chi connectivity index (χ0v) is 22.6. The van der Waals surface area contributed by atoms with E-state index in [9.17, 15) is 9.59 Å². The van der Waals surface area contributed by atoms with Gasteiger partial charge in [0.2, 0.25) is 5.91 Å². The van der Waals surface area contributed by atoms with E-state index in [-0.39, 0.29) is 18.0 Å². The number of alkyl carbamates (subject to hydrolysis) is 1. The summed E-state index contributed by atoms with van der Waals surface area (Å²) >= 11 is 0. The third-order valence-corrected chi connectivity index (χ3v) is 8.14. The van der Waals surface area contributed by atoms with Gasteiger partial charge in [0.15, 0.2) is 0 Å². The SMILES string of the molecule is O=C(NC1CCN(Cc2ccccc2)CC1)OC1(c2ccccc2)CCN(C(=O)CCc2ccccc2)CC1. The van der Waals surface area contributed by atoms with E-state index >= 15 is 0 Å². The summed E-state index contributed by atoms with van der Waals surface area (Å²) in [6.07, 6.45) is 3.88. The summed E-state index contributed by atoms with van der Waals surface area (Å²) in [6.45, 7) is 3.99. The van der Waals surface area contributed by atoms with Crippen molar-refractivity contribution in [1.29, 1.82) is 0 Å². The highest BCUT2D eigenvalue weighted by Gasteiger charge is 2.41. The number of nitrogens with zero attached hydrogens (tertiary/aromatic N) is 2. The maximum Gasteiger partial charge on any atom is 0.408 e. The average Bonchev–Trinajstić information content (AvgIpc) is 2.99. The van der Waals surface area contributed by atoms with Crippen LogP contribution in [0.4, 0.5) is 4.79 Å². The number of nitrogens with one attached hydrogen (secondary N) is 1. The molecule has 3 aromatic carbocycles. The summed E-state index contributed by atoms with van der Waals surface area (Å²) in [6, 6.07) is 30.7. The number of carbonyl (C=O) groups is 2. The van der Waals surface area contributed by atoms with Gasteiger partial charge >= 0.3 is 6.09 Å². The first kappa shape index (κ1) is 26.9. The van der Waals surface area contributed by atoms with Crippen molar-refractivity contribution in [2.45, 2.75) is 56.7 Å². The Kier molecular flexibility index (Phi) is 8.94. The molecular formula is C33H39N3O3. The van der Waals surface area contributed by atoms with Crippen molar-refractivity contribution >= 4 is 12.0 Å². The normalized spacial score (nSPS) is 17.9. The maximum atomic E-state index is 13.2. The molecule has 6 heteroatoms. The highest BCUT2D eigenvalue weighted by Crippen LogP contribution is 2.37. The summed E-state index contributed by atoms with van der Waals surface area (Å²) < 4.78 is 6.25. The summed E-state index contributed by atoms with van der Waals surface area (Å²) in [7, 11) is 0. The Morgan fingerprint density at radius 3 is 1.95 bits per heavy atom. The smallest absolute Gasteiger partial charge is 0.408 e. The molecule has 1 N–H and O–H groups in total. The van der Waals surface area contributed by atoms with Crippen LogP contribution >= 0.6 is 0 Å². The minimum Gasteiger partial charge on any atom is -0.438 e. The first-order chi connectivity index (χ1) is 19.1. The molecule has 0 spiro atoms. The van der Waals surface area contributed by atoms with Gasteiger partial charge in [0, 0.05) is 58.0 Å². The van der Waals surface area contributed by atoms with E-state index in [1.165, 1.54) is 11.1 Å². The minimum atomic E-state index is -0.727. The van der Waals surface area contributed by atoms with Crippen LogP contribution in [0, 0.1) is 0 Å². The van der Waals surface area contributed by atoms with Crippen molar-refractivity contribution in [2.75, 3.05) is 26.2 Å². The summed E-state index contributed by atoms with van der Waals surface area (Å²) in [5.74, 6) is 0.159. The number of benzene rings is 3. The second-order valence-electron chi connectivity index (χ2n) is 10.8. The van der Waals surface area contributed by atoms with Crippen LogP contribution in [-0.2, 0) is 28.1 Å². The third-order valence-electron chi connectivity index (χ3n) is 8.14. The van der Waals surface area contributed by atoms with Crippen molar-refractivity contribution in [3.8, 4) is 0 Å². The lowest BCUT2D eigenvalue weighted by Gasteiger charge is -2.42. The van der Waals surface area contributed by atoms with Gasteiger partial charge in [0.1, 0.15) is 5.60 Å². The van der Waals surface area contributed by atoms with Crippen molar-refractivity contribution in [3.05, 3.63) is 108 Å². The molecule has 5 rings (SSSR count). The van der Waals surface area contributed by atoms with Crippen LogP contribution in [0.3, 0.4) is 0 Å². The van der Waals surface area contributed by atoms with Gasteiger partial charge < -0.3 is 15.0 Å². The number of aryl methyl sites for hydroxylation is 1. The minimum absolute atomic E-state index is 0.108. The van der Waals surface area contributed by atoms with Crippen LogP contribution in [0.1, 0.15) is 48.8 Å². The number of piperidine rings is 2. The number of rotatable bonds is 8. The zero-order valence-electron chi connectivity index (χ0n) is 22.6. The van der Waals surface area contributed by atoms with E-state index < -0.39 is 5.60 Å². The maximum absolute atomic E-state index is 13.2. The Hall–Kier alpha value is -3.64. The molecule has 0 bridgehead atoms. The molecule has 2 aliphatic rings. The third kappa shape index (κ3) is 7.27. The van der Waals surface area contributed by atoms with Crippen LogP contribution in [0.2, 0.25) is 0 Å². The van der Waals surface area contributed by atoms with Gasteiger partial charge in [0.05, 0.1) is 0 Å². The molecule has 39 heavy (non-hydrogen) atoms. The van der Waals surface area contributed by atoms with Crippen molar-refractivity contribution in [3.63, 3.8) is 0 Å². The van der Waals surface area contributed by atoms with E-state index in [1.54, 1.807) is 0 Å². The molecule has 6 nitrogen and oxygen atoms in total. The Morgan fingerprint density at radius 2 is 1.33 bits per heavy atom. The molecule has 2 fully saturated rings. The van der Waals surface area contributed by atoms with Crippen LogP contribution in [-0.4, -0.2) is 54.0 Å². The zero-order chi connectivity index (χ0) is 26.9. The van der Waals surface area contributed by atoms with Crippen LogP contribution in [0.15, 0.2) is 91.0 Å². The van der Waals surface area contributed by atoms with E-state index in [2.05, 4.69) is 46.6 Å². The molecule has 204 valence electrons. The molecule has 0 unspecified atom stereocenters. The van der Waals surface area contributed by atoms with Crippen LogP contribution in [0.5, 0.6) is 0 Å². The Morgan fingerprint density at radius 1 is 0.769 bits per heavy atom. The Balaban J connectivity index is 1.14. The number of amides is 2. The van der Waals surface area contributed by atoms with E-state index in [4.69, 9.17) is 4.74 Å². The van der Waals surface area contributed by atoms with Gasteiger partial charge in [-0.15, -0.1) is 0 Å². The lowest BCUT2D eigenvalue weighted by atomic mass is 9.84. The monoisotopic (exact) mass is 525 g/mol. The molecule has 2 heterocycles. The summed E-state index contributed by atoms with van der Waals surface area (Å²) in [4.78, 5) is 30.5. The second-order valence-corrected chi connectivity index (χ2v) is 10.8. The van der Waals surface area contributed by atoms with Crippen LogP contribution < -0.4 is 5.32 Å². The molecular weight excluding hydrogens is 486 g/mol. The lowest BCUT2D eigenvalue weighted by molar-refractivity contribution is -0.135. The Bertz CT molecular complexity index is 1190. The predicted molar refractivity (Wildman–Crippen MR) is 153 cm³/mol. The summed E-state index contributed by atoms with van der Waals surface area (Å²) in [5.41, 5.74) is 2.76. The van der Waals surface area contributed by atoms with E-state index in [0.717, 1.165) is 44.5 Å². The molecule has 3 aromatic rings. The molecule has 2 amide bonds. The van der Waals surface area contributed by atoms with E-state index in [1.807, 2.05) is 59.5 Å². The molecule has 0 atom stereocenters. The number of carbonyl (C=O) groups excluding carboxylic acids is 2. The fourth-order valence-electron chi connectivity index (χ4n) is 5.81. The van der Waals surface area contributed by atoms with E-state index in [0.29, 0.717) is 32.4 Å². The molecule has 0 aromatic heterocycles. The molecule has 0 radical (unpaired) electrons. The molecule has 2 aliphatic heterocycles. The molecule has 2 saturated heterocycles. The highest BCUT2D eigenvalue weighted by atomic mass is 16.6. The van der Waals surface area contributed by atoms with Gasteiger partial charge in [-0.2, -0.15) is 0 Å². The van der Waals surface area contributed by atoms with Crippen molar-refractivity contribution in [2.24, 2.45) is 0 Å². The van der Waals surface area contributed by atoms with Gasteiger partial charge in [-0.25, -0.2) is 4.79 Å². The highest BCUT2D eigenvalue weighted by molar-refractivity contribution is 5.76. The van der Waals surface area contributed by atoms with Gasteiger partial charge in [-0.3, -0.25) is 9.69 Å². The van der Waals surface area contributed by atoms with Crippen molar-refractivity contribution in [1.82, 2.24) is 15.1 Å². The van der Waals surface area contributed by atoms with Gasteiger partial charge in [-0.05, 0) is 36.0 Å². The van der Waals surface area contributed by atoms with Gasteiger partial charge in [0.25, 0.3) is 0 Å². The van der Waals surface area contributed by atoms with Crippen LogP contribution in [0.25, 0.3) is 0 Å². The Labute approximate surface area is 232 Å². The summed E-state index contributed by atoms with van der Waals surface area (Å²) in [5, 5.41) is 3.15. The first-order valence-corrected chi connectivity index (χ1v) is 14.2. The fourth-order valence-corrected chi connectivity index (χ4v) is 5.81.